The maximum Gasteiger partial charge on any atom is 0.263 e. The summed E-state index contributed by atoms with van der Waals surface area (Å²) < 4.78 is 0. The molecule has 2 N–H and O–H groups in total. The maximum absolute atomic E-state index is 11.9. The zero-order valence-corrected chi connectivity index (χ0v) is 11.7. The molecular weight excluding hydrogens is 248 g/mol. The lowest BCUT2D eigenvalue weighted by Gasteiger charge is -2.34. The molecule has 5 heteroatoms. The van der Waals surface area contributed by atoms with Crippen molar-refractivity contribution < 1.29 is 9.90 Å². The van der Waals surface area contributed by atoms with Gasteiger partial charge in [-0.05, 0) is 38.5 Å². The van der Waals surface area contributed by atoms with Gasteiger partial charge in [-0.1, -0.05) is 6.92 Å². The highest BCUT2D eigenvalue weighted by Crippen LogP contribution is 2.31. The van der Waals surface area contributed by atoms with Crippen molar-refractivity contribution in [2.75, 3.05) is 6.54 Å². The van der Waals surface area contributed by atoms with E-state index in [0.717, 1.165) is 31.4 Å². The zero-order chi connectivity index (χ0) is 13.2. The molecule has 1 aliphatic rings. The van der Waals surface area contributed by atoms with Crippen LogP contribution >= 0.6 is 11.3 Å². The Balaban J connectivity index is 1.88. The fourth-order valence-corrected chi connectivity index (χ4v) is 3.04. The summed E-state index contributed by atoms with van der Waals surface area (Å²) in [4.78, 5) is 16.6. The molecule has 0 spiro atoms. The third-order valence-electron chi connectivity index (χ3n) is 3.73. The van der Waals surface area contributed by atoms with Gasteiger partial charge in [-0.25, -0.2) is 4.98 Å². The first-order valence-corrected chi connectivity index (χ1v) is 7.29. The summed E-state index contributed by atoms with van der Waals surface area (Å²) in [5, 5.41) is 13.2. The molecule has 1 saturated carbocycles. The Morgan fingerprint density at radius 3 is 2.83 bits per heavy atom. The van der Waals surface area contributed by atoms with Crippen LogP contribution in [-0.2, 0) is 0 Å². The van der Waals surface area contributed by atoms with Crippen molar-refractivity contribution in [3.63, 3.8) is 0 Å². The molecule has 1 aromatic heterocycles. The standard InChI is InChI=1S/C13H20N2O2S/c1-9-3-5-13(17,6-4-9)7-14-12(16)11-10(2)15-8-18-11/h8-9,17H,3-7H2,1-2H3,(H,14,16). The van der Waals surface area contributed by atoms with Crippen molar-refractivity contribution >= 4 is 17.2 Å². The number of aliphatic hydroxyl groups is 1. The van der Waals surface area contributed by atoms with Gasteiger partial charge in [-0.15, -0.1) is 11.3 Å². The van der Waals surface area contributed by atoms with Crippen molar-refractivity contribution in [3.8, 4) is 0 Å². The number of aromatic nitrogens is 1. The van der Waals surface area contributed by atoms with E-state index in [9.17, 15) is 9.90 Å². The largest absolute Gasteiger partial charge is 0.388 e. The van der Waals surface area contributed by atoms with Crippen molar-refractivity contribution in [2.45, 2.75) is 45.1 Å². The van der Waals surface area contributed by atoms with Crippen molar-refractivity contribution in [2.24, 2.45) is 5.92 Å². The van der Waals surface area contributed by atoms with E-state index < -0.39 is 5.60 Å². The van der Waals surface area contributed by atoms with Crippen LogP contribution < -0.4 is 5.32 Å². The quantitative estimate of drug-likeness (QED) is 0.882. The lowest BCUT2D eigenvalue weighted by Crippen LogP contribution is -2.45. The van der Waals surface area contributed by atoms with Crippen LogP contribution in [0.15, 0.2) is 5.51 Å². The van der Waals surface area contributed by atoms with Crippen LogP contribution in [0.2, 0.25) is 0 Å². The third kappa shape index (κ3) is 3.09. The average molecular weight is 268 g/mol. The lowest BCUT2D eigenvalue weighted by atomic mass is 9.79. The van der Waals surface area contributed by atoms with Crippen LogP contribution in [0.4, 0.5) is 0 Å². The summed E-state index contributed by atoms with van der Waals surface area (Å²) in [6, 6.07) is 0. The van der Waals surface area contributed by atoms with E-state index in [-0.39, 0.29) is 5.91 Å². The van der Waals surface area contributed by atoms with Crippen molar-refractivity contribution in [3.05, 3.63) is 16.1 Å². The first kappa shape index (κ1) is 13.5. The van der Waals surface area contributed by atoms with Gasteiger partial charge in [-0.3, -0.25) is 4.79 Å². The molecule has 18 heavy (non-hydrogen) atoms. The Labute approximate surface area is 111 Å². The smallest absolute Gasteiger partial charge is 0.263 e. The minimum atomic E-state index is -0.721. The van der Waals surface area contributed by atoms with E-state index in [4.69, 9.17) is 0 Å². The van der Waals surface area contributed by atoms with Crippen LogP contribution in [0.3, 0.4) is 0 Å². The number of nitrogens with zero attached hydrogens (tertiary/aromatic N) is 1. The maximum atomic E-state index is 11.9. The minimum absolute atomic E-state index is 0.123. The van der Waals surface area contributed by atoms with E-state index in [0.29, 0.717) is 17.3 Å². The van der Waals surface area contributed by atoms with Gasteiger partial charge in [-0.2, -0.15) is 0 Å². The lowest BCUT2D eigenvalue weighted by molar-refractivity contribution is -0.00537. The fraction of sp³-hybridized carbons (Fsp3) is 0.692. The third-order valence-corrected chi connectivity index (χ3v) is 4.66. The van der Waals surface area contributed by atoms with E-state index in [1.807, 2.05) is 6.92 Å². The molecule has 1 aliphatic carbocycles. The normalized spacial score (nSPS) is 28.1. The van der Waals surface area contributed by atoms with E-state index >= 15 is 0 Å². The molecular formula is C13H20N2O2S. The highest BCUT2D eigenvalue weighted by molar-refractivity contribution is 7.11. The van der Waals surface area contributed by atoms with E-state index in [1.165, 1.54) is 11.3 Å². The molecule has 4 nitrogen and oxygen atoms in total. The number of thiazole rings is 1. The number of amides is 1. The second-order valence-corrected chi connectivity index (χ2v) is 6.21. The number of rotatable bonds is 3. The molecule has 0 aliphatic heterocycles. The molecule has 1 fully saturated rings. The molecule has 0 bridgehead atoms. The van der Waals surface area contributed by atoms with Gasteiger partial charge >= 0.3 is 0 Å². The summed E-state index contributed by atoms with van der Waals surface area (Å²) in [5.74, 6) is 0.562. The highest BCUT2D eigenvalue weighted by atomic mass is 32.1. The molecule has 0 radical (unpaired) electrons. The number of carbonyl (C=O) groups excluding carboxylic acids is 1. The Morgan fingerprint density at radius 1 is 1.61 bits per heavy atom. The predicted molar refractivity (Wildman–Crippen MR) is 71.8 cm³/mol. The molecule has 1 aromatic rings. The number of carbonyl (C=O) groups is 1. The van der Waals surface area contributed by atoms with E-state index in [2.05, 4.69) is 17.2 Å². The molecule has 2 rings (SSSR count). The Hall–Kier alpha value is -0.940. The topological polar surface area (TPSA) is 62.2 Å². The molecule has 100 valence electrons. The highest BCUT2D eigenvalue weighted by Gasteiger charge is 2.32. The Morgan fingerprint density at radius 2 is 2.28 bits per heavy atom. The van der Waals surface area contributed by atoms with Crippen LogP contribution in [0, 0.1) is 12.8 Å². The first-order valence-electron chi connectivity index (χ1n) is 6.41. The van der Waals surface area contributed by atoms with Crippen molar-refractivity contribution in [1.82, 2.24) is 10.3 Å². The summed E-state index contributed by atoms with van der Waals surface area (Å²) in [6.45, 7) is 4.37. The van der Waals surface area contributed by atoms with Crippen molar-refractivity contribution in [1.29, 1.82) is 0 Å². The minimum Gasteiger partial charge on any atom is -0.388 e. The molecule has 0 aromatic carbocycles. The van der Waals surface area contributed by atoms with Gasteiger partial charge in [0.15, 0.2) is 0 Å². The van der Waals surface area contributed by atoms with Gasteiger partial charge in [0, 0.05) is 6.54 Å². The molecule has 0 saturated heterocycles. The summed E-state index contributed by atoms with van der Waals surface area (Å²) in [5.41, 5.74) is 1.70. The number of nitrogens with one attached hydrogen (secondary N) is 1. The van der Waals surface area contributed by atoms with Crippen LogP contribution in [0.1, 0.15) is 48.0 Å². The zero-order valence-electron chi connectivity index (χ0n) is 10.9. The van der Waals surface area contributed by atoms with Crippen LogP contribution in [0.5, 0.6) is 0 Å². The Bertz CT molecular complexity index is 422. The molecule has 1 amide bonds. The predicted octanol–water partition coefficient (Wildman–Crippen LogP) is 2.12. The van der Waals surface area contributed by atoms with Gasteiger partial charge < -0.3 is 10.4 Å². The van der Waals surface area contributed by atoms with Crippen LogP contribution in [-0.4, -0.2) is 28.1 Å². The number of aryl methyl sites for hydroxylation is 1. The number of hydrogen-bond acceptors (Lipinski definition) is 4. The van der Waals surface area contributed by atoms with Gasteiger partial charge in [0.1, 0.15) is 4.88 Å². The monoisotopic (exact) mass is 268 g/mol. The second kappa shape index (κ2) is 5.36. The molecule has 0 unspecified atom stereocenters. The van der Waals surface area contributed by atoms with Crippen LogP contribution in [0.25, 0.3) is 0 Å². The summed E-state index contributed by atoms with van der Waals surface area (Å²) >= 11 is 1.34. The molecule has 1 heterocycles. The van der Waals surface area contributed by atoms with E-state index in [1.54, 1.807) is 5.51 Å². The average Bonchev–Trinajstić information content (AvgIpc) is 2.77. The van der Waals surface area contributed by atoms with Gasteiger partial charge in [0.05, 0.1) is 16.8 Å². The summed E-state index contributed by atoms with van der Waals surface area (Å²) in [6.07, 6.45) is 3.62. The Kier molecular flexibility index (Phi) is 4.02. The molecule has 0 atom stereocenters. The van der Waals surface area contributed by atoms with Gasteiger partial charge in [0.25, 0.3) is 5.91 Å². The fourth-order valence-electron chi connectivity index (χ4n) is 2.32. The summed E-state index contributed by atoms with van der Waals surface area (Å²) in [7, 11) is 0. The SMILES string of the molecule is Cc1ncsc1C(=O)NCC1(O)CCC(C)CC1. The van der Waals surface area contributed by atoms with Gasteiger partial charge in [0.2, 0.25) is 0 Å². The number of hydrogen-bond donors (Lipinski definition) is 2. The second-order valence-electron chi connectivity index (χ2n) is 5.36. The first-order chi connectivity index (χ1) is 8.50.